The molecule has 3 atom stereocenters. The standard InChI is InChI=1S/C28H34N2O5/c1-3-16-28(2,26(32)33)30-25(31)22-14-8-9-15-24(22)29-27(34)35-17-23-20-12-6-4-10-18(20)19-11-5-7-13-21(19)23/h4-7,10-13,22-24H,3,8-9,14-17H2,1-2H3,(H,29,34)(H,30,31)(H,32,33)/t22-,24+,28?/m0/s1. The number of carbonyl (C=O) groups is 3. The van der Waals surface area contributed by atoms with Crippen molar-refractivity contribution in [1.29, 1.82) is 0 Å². The number of rotatable bonds is 8. The van der Waals surface area contributed by atoms with E-state index < -0.39 is 23.5 Å². The van der Waals surface area contributed by atoms with Gasteiger partial charge in [-0.2, -0.15) is 0 Å². The highest BCUT2D eigenvalue weighted by Gasteiger charge is 2.39. The maximum atomic E-state index is 13.1. The van der Waals surface area contributed by atoms with Crippen LogP contribution in [0.5, 0.6) is 0 Å². The fourth-order valence-corrected chi connectivity index (χ4v) is 5.50. The lowest BCUT2D eigenvalue weighted by Crippen LogP contribution is -2.57. The molecule has 0 saturated heterocycles. The molecular formula is C28H34N2O5. The van der Waals surface area contributed by atoms with Crippen molar-refractivity contribution >= 4 is 18.0 Å². The number of aliphatic carboxylic acids is 1. The molecule has 0 aliphatic heterocycles. The zero-order valence-corrected chi connectivity index (χ0v) is 20.4. The van der Waals surface area contributed by atoms with Gasteiger partial charge in [0, 0.05) is 12.0 Å². The number of carboxylic acids is 1. The van der Waals surface area contributed by atoms with Crippen molar-refractivity contribution in [2.75, 3.05) is 6.61 Å². The van der Waals surface area contributed by atoms with E-state index >= 15 is 0 Å². The van der Waals surface area contributed by atoms with Crippen LogP contribution in [0, 0.1) is 5.92 Å². The van der Waals surface area contributed by atoms with Gasteiger partial charge in [0.2, 0.25) is 5.91 Å². The smallest absolute Gasteiger partial charge is 0.407 e. The molecule has 2 aliphatic rings. The Labute approximate surface area is 206 Å². The molecule has 1 fully saturated rings. The zero-order chi connectivity index (χ0) is 25.0. The Balaban J connectivity index is 1.40. The lowest BCUT2D eigenvalue weighted by atomic mass is 9.83. The van der Waals surface area contributed by atoms with Gasteiger partial charge in [-0.25, -0.2) is 9.59 Å². The summed E-state index contributed by atoms with van der Waals surface area (Å²) < 4.78 is 5.67. The Morgan fingerprint density at radius 2 is 1.60 bits per heavy atom. The van der Waals surface area contributed by atoms with E-state index in [1.165, 1.54) is 6.92 Å². The van der Waals surface area contributed by atoms with Crippen molar-refractivity contribution in [3.05, 3.63) is 59.7 Å². The van der Waals surface area contributed by atoms with E-state index in [4.69, 9.17) is 4.74 Å². The summed E-state index contributed by atoms with van der Waals surface area (Å²) in [5.74, 6) is -1.90. The van der Waals surface area contributed by atoms with Gasteiger partial charge >= 0.3 is 12.1 Å². The summed E-state index contributed by atoms with van der Waals surface area (Å²) in [6.07, 6.45) is 3.43. The van der Waals surface area contributed by atoms with Gasteiger partial charge in [0.25, 0.3) is 0 Å². The predicted molar refractivity (Wildman–Crippen MR) is 133 cm³/mol. The molecule has 35 heavy (non-hydrogen) atoms. The average molecular weight is 479 g/mol. The summed E-state index contributed by atoms with van der Waals surface area (Å²) in [6.45, 7) is 3.63. The molecule has 0 heterocycles. The monoisotopic (exact) mass is 478 g/mol. The predicted octanol–water partition coefficient (Wildman–Crippen LogP) is 4.84. The zero-order valence-electron chi connectivity index (χ0n) is 20.4. The van der Waals surface area contributed by atoms with Crippen LogP contribution >= 0.6 is 0 Å². The fraction of sp³-hybridized carbons (Fsp3) is 0.464. The molecule has 1 saturated carbocycles. The first-order valence-electron chi connectivity index (χ1n) is 12.5. The van der Waals surface area contributed by atoms with Gasteiger partial charge in [-0.05, 0) is 48.4 Å². The van der Waals surface area contributed by atoms with Crippen molar-refractivity contribution in [3.63, 3.8) is 0 Å². The van der Waals surface area contributed by atoms with Crippen molar-refractivity contribution in [3.8, 4) is 11.1 Å². The second-order valence-corrected chi connectivity index (χ2v) is 9.84. The maximum absolute atomic E-state index is 13.1. The molecule has 0 radical (unpaired) electrons. The highest BCUT2D eigenvalue weighted by atomic mass is 16.5. The summed E-state index contributed by atoms with van der Waals surface area (Å²) >= 11 is 0. The second-order valence-electron chi connectivity index (χ2n) is 9.84. The van der Waals surface area contributed by atoms with Crippen LogP contribution in [0.25, 0.3) is 11.1 Å². The number of nitrogens with one attached hydrogen (secondary N) is 2. The molecule has 2 aromatic rings. The van der Waals surface area contributed by atoms with Gasteiger partial charge in [0.05, 0.1) is 5.92 Å². The van der Waals surface area contributed by atoms with Crippen LogP contribution < -0.4 is 10.6 Å². The van der Waals surface area contributed by atoms with Gasteiger partial charge in [0.15, 0.2) is 0 Å². The molecule has 1 unspecified atom stereocenters. The maximum Gasteiger partial charge on any atom is 0.407 e. The van der Waals surface area contributed by atoms with Crippen molar-refractivity contribution < 1.29 is 24.2 Å². The molecule has 0 aromatic heterocycles. The first-order valence-corrected chi connectivity index (χ1v) is 12.5. The Hall–Kier alpha value is -3.35. The molecule has 2 aromatic carbocycles. The Kier molecular flexibility index (Phi) is 7.43. The Morgan fingerprint density at radius 1 is 1.00 bits per heavy atom. The third-order valence-corrected chi connectivity index (χ3v) is 7.37. The molecule has 7 heteroatoms. The lowest BCUT2D eigenvalue weighted by Gasteiger charge is -2.34. The molecule has 7 nitrogen and oxygen atoms in total. The summed E-state index contributed by atoms with van der Waals surface area (Å²) in [4.78, 5) is 37.6. The van der Waals surface area contributed by atoms with Gasteiger partial charge in [-0.15, -0.1) is 0 Å². The molecule has 3 N–H and O–H groups in total. The minimum atomic E-state index is -1.32. The average Bonchev–Trinajstić information content (AvgIpc) is 3.17. The molecule has 0 spiro atoms. The van der Waals surface area contributed by atoms with E-state index in [2.05, 4.69) is 34.9 Å². The summed E-state index contributed by atoms with van der Waals surface area (Å²) in [5, 5.41) is 15.3. The van der Waals surface area contributed by atoms with Gasteiger partial charge in [-0.1, -0.05) is 74.7 Å². The minimum absolute atomic E-state index is 0.0380. The topological polar surface area (TPSA) is 105 Å². The van der Waals surface area contributed by atoms with E-state index in [1.54, 1.807) is 0 Å². The van der Waals surface area contributed by atoms with Crippen LogP contribution in [0.2, 0.25) is 0 Å². The Morgan fingerprint density at radius 3 is 2.20 bits per heavy atom. The van der Waals surface area contributed by atoms with E-state index in [1.807, 2.05) is 31.2 Å². The van der Waals surface area contributed by atoms with Gasteiger partial charge < -0.3 is 20.5 Å². The summed E-state index contributed by atoms with van der Waals surface area (Å²) in [7, 11) is 0. The van der Waals surface area contributed by atoms with Crippen LogP contribution in [0.3, 0.4) is 0 Å². The molecular weight excluding hydrogens is 444 g/mol. The van der Waals surface area contributed by atoms with Crippen molar-refractivity contribution in [2.45, 2.75) is 69.9 Å². The number of amides is 2. The van der Waals surface area contributed by atoms with Crippen LogP contribution in [-0.2, 0) is 14.3 Å². The van der Waals surface area contributed by atoms with Gasteiger partial charge in [-0.3, -0.25) is 4.79 Å². The van der Waals surface area contributed by atoms with E-state index in [9.17, 15) is 19.5 Å². The Bertz CT molecular complexity index is 1050. The first-order chi connectivity index (χ1) is 16.8. The highest BCUT2D eigenvalue weighted by molar-refractivity contribution is 5.88. The fourth-order valence-electron chi connectivity index (χ4n) is 5.50. The van der Waals surface area contributed by atoms with Crippen LogP contribution in [0.4, 0.5) is 4.79 Å². The number of hydrogen-bond acceptors (Lipinski definition) is 4. The van der Waals surface area contributed by atoms with Gasteiger partial charge in [0.1, 0.15) is 12.1 Å². The largest absolute Gasteiger partial charge is 0.480 e. The number of alkyl carbamates (subject to hydrolysis) is 1. The highest BCUT2D eigenvalue weighted by Crippen LogP contribution is 2.44. The van der Waals surface area contributed by atoms with E-state index in [0.717, 1.165) is 35.1 Å². The van der Waals surface area contributed by atoms with Crippen molar-refractivity contribution in [1.82, 2.24) is 10.6 Å². The molecule has 2 amide bonds. The lowest BCUT2D eigenvalue weighted by molar-refractivity contribution is -0.148. The number of carbonyl (C=O) groups excluding carboxylic acids is 2. The second kappa shape index (κ2) is 10.5. The molecule has 0 bridgehead atoms. The van der Waals surface area contributed by atoms with Crippen LogP contribution in [0.15, 0.2) is 48.5 Å². The molecule has 2 aliphatic carbocycles. The van der Waals surface area contributed by atoms with Crippen LogP contribution in [0.1, 0.15) is 69.4 Å². The molecule has 186 valence electrons. The third-order valence-electron chi connectivity index (χ3n) is 7.37. The number of carboxylic acid groups (broad SMARTS) is 1. The first kappa shape index (κ1) is 24.8. The third kappa shape index (κ3) is 5.19. The molecule has 4 rings (SSSR count). The normalized spacial score (nSPS) is 20.7. The van der Waals surface area contributed by atoms with E-state index in [0.29, 0.717) is 25.7 Å². The number of hydrogen-bond donors (Lipinski definition) is 3. The number of ether oxygens (including phenoxy) is 1. The SMILES string of the molecule is CCCC(C)(NC(=O)[C@H]1CCCC[C@H]1NC(=O)OCC1c2ccccc2-c2ccccc21)C(=O)O. The number of benzene rings is 2. The van der Waals surface area contributed by atoms with Crippen molar-refractivity contribution in [2.24, 2.45) is 5.92 Å². The summed E-state index contributed by atoms with van der Waals surface area (Å²) in [6, 6.07) is 15.9. The minimum Gasteiger partial charge on any atom is -0.480 e. The van der Waals surface area contributed by atoms with E-state index in [-0.39, 0.29) is 24.5 Å². The quantitative estimate of drug-likeness (QED) is 0.503. The van der Waals surface area contributed by atoms with Crippen LogP contribution in [-0.4, -0.2) is 41.3 Å². The summed E-state index contributed by atoms with van der Waals surface area (Å²) in [5.41, 5.74) is 3.28. The number of fused-ring (bicyclic) bond motifs is 3.